The Morgan fingerprint density at radius 1 is 1.14 bits per heavy atom. The highest BCUT2D eigenvalue weighted by Gasteiger charge is 2.23. The van der Waals surface area contributed by atoms with Crippen LogP contribution in [0.2, 0.25) is 0 Å². The lowest BCUT2D eigenvalue weighted by Crippen LogP contribution is -2.48. The second-order valence-corrected chi connectivity index (χ2v) is 7.77. The van der Waals surface area contributed by atoms with Crippen LogP contribution in [0.5, 0.6) is 0 Å². The molecule has 0 bridgehead atoms. The number of benzene rings is 1. The van der Waals surface area contributed by atoms with Gasteiger partial charge in [-0.15, -0.1) is 0 Å². The van der Waals surface area contributed by atoms with Crippen LogP contribution in [-0.2, 0) is 14.3 Å². The van der Waals surface area contributed by atoms with E-state index in [1.165, 1.54) is 0 Å². The minimum atomic E-state index is -0.617. The first-order chi connectivity index (χ1) is 13.2. The van der Waals surface area contributed by atoms with Crippen molar-refractivity contribution in [3.63, 3.8) is 0 Å². The van der Waals surface area contributed by atoms with Gasteiger partial charge >= 0.3 is 6.09 Å². The zero-order chi connectivity index (χ0) is 20.6. The molecule has 0 spiro atoms. The summed E-state index contributed by atoms with van der Waals surface area (Å²) >= 11 is 0. The Hall–Kier alpha value is -2.83. The fourth-order valence-corrected chi connectivity index (χ4v) is 2.83. The van der Waals surface area contributed by atoms with Crippen molar-refractivity contribution < 1.29 is 19.1 Å². The molecule has 0 aromatic heterocycles. The topological polar surface area (TPSA) is 87.7 Å². The summed E-state index contributed by atoms with van der Waals surface area (Å²) in [5.41, 5.74) is 0.380. The van der Waals surface area contributed by atoms with Crippen molar-refractivity contribution in [3.8, 4) is 0 Å². The van der Waals surface area contributed by atoms with Gasteiger partial charge in [0.15, 0.2) is 0 Å². The number of amides is 3. The van der Waals surface area contributed by atoms with E-state index in [-0.39, 0.29) is 24.4 Å². The standard InChI is InChI=1S/C21H29N3O4/c1-21(2,3)28-20(27)22-15-18(25)23-17-11-13-24(14-12-17)19(26)10-9-16-7-5-4-6-8-16/h4-10,17H,11-15H2,1-3H3,(H,22,27)(H,23,25)/b10-9+. The lowest BCUT2D eigenvalue weighted by Gasteiger charge is -2.31. The first-order valence-electron chi connectivity index (χ1n) is 9.51. The molecular weight excluding hydrogens is 358 g/mol. The second-order valence-electron chi connectivity index (χ2n) is 7.77. The summed E-state index contributed by atoms with van der Waals surface area (Å²) in [4.78, 5) is 37.6. The molecule has 0 radical (unpaired) electrons. The summed E-state index contributed by atoms with van der Waals surface area (Å²) in [5.74, 6) is -0.292. The maximum absolute atomic E-state index is 12.3. The largest absolute Gasteiger partial charge is 0.444 e. The van der Waals surface area contributed by atoms with E-state index in [2.05, 4.69) is 10.6 Å². The summed E-state index contributed by atoms with van der Waals surface area (Å²) in [6.07, 6.45) is 4.14. The number of ether oxygens (including phenoxy) is 1. The van der Waals surface area contributed by atoms with Crippen LogP contribution < -0.4 is 10.6 Å². The molecular formula is C21H29N3O4. The van der Waals surface area contributed by atoms with E-state index in [1.54, 1.807) is 37.8 Å². The summed E-state index contributed by atoms with van der Waals surface area (Å²) < 4.78 is 5.09. The Balaban J connectivity index is 1.69. The fraction of sp³-hybridized carbons (Fsp3) is 0.476. The Labute approximate surface area is 166 Å². The Morgan fingerprint density at radius 2 is 1.79 bits per heavy atom. The predicted octanol–water partition coefficient (Wildman–Crippen LogP) is 2.33. The molecule has 0 unspecified atom stereocenters. The van der Waals surface area contributed by atoms with Crippen LogP contribution in [0.25, 0.3) is 6.08 Å². The summed E-state index contributed by atoms with van der Waals surface area (Å²) in [7, 11) is 0. The first kappa shape index (κ1) is 21.5. The highest BCUT2D eigenvalue weighted by atomic mass is 16.6. The third-order valence-electron chi connectivity index (χ3n) is 4.18. The van der Waals surface area contributed by atoms with Crippen LogP contribution in [0, 0.1) is 0 Å². The molecule has 2 N–H and O–H groups in total. The number of hydrogen-bond acceptors (Lipinski definition) is 4. The second kappa shape index (κ2) is 9.92. The number of likely N-dealkylation sites (tertiary alicyclic amines) is 1. The SMILES string of the molecule is CC(C)(C)OC(=O)NCC(=O)NC1CCN(C(=O)/C=C/c2ccccc2)CC1. The first-order valence-corrected chi connectivity index (χ1v) is 9.51. The monoisotopic (exact) mass is 387 g/mol. The molecule has 1 heterocycles. The number of hydrogen-bond donors (Lipinski definition) is 2. The molecule has 1 aliphatic heterocycles. The van der Waals surface area contributed by atoms with E-state index >= 15 is 0 Å². The van der Waals surface area contributed by atoms with E-state index in [0.29, 0.717) is 25.9 Å². The zero-order valence-electron chi connectivity index (χ0n) is 16.7. The maximum atomic E-state index is 12.3. The van der Waals surface area contributed by atoms with E-state index in [9.17, 15) is 14.4 Å². The minimum Gasteiger partial charge on any atom is -0.444 e. The number of piperidine rings is 1. The van der Waals surface area contributed by atoms with Crippen molar-refractivity contribution in [2.45, 2.75) is 45.3 Å². The van der Waals surface area contributed by atoms with Crippen LogP contribution in [0.3, 0.4) is 0 Å². The summed E-state index contributed by atoms with van der Waals surface area (Å²) in [6.45, 7) is 6.32. The number of carbonyl (C=O) groups excluding carboxylic acids is 3. The zero-order valence-corrected chi connectivity index (χ0v) is 16.7. The van der Waals surface area contributed by atoms with Crippen LogP contribution >= 0.6 is 0 Å². The number of nitrogens with one attached hydrogen (secondary N) is 2. The summed E-state index contributed by atoms with van der Waals surface area (Å²) in [5, 5.41) is 5.33. The van der Waals surface area contributed by atoms with Crippen molar-refractivity contribution >= 4 is 24.0 Å². The molecule has 1 aromatic rings. The van der Waals surface area contributed by atoms with Crippen LogP contribution in [0.4, 0.5) is 4.79 Å². The number of carbonyl (C=O) groups is 3. The van der Waals surface area contributed by atoms with Gasteiger partial charge in [0.1, 0.15) is 12.1 Å². The van der Waals surface area contributed by atoms with Gasteiger partial charge in [0.2, 0.25) is 11.8 Å². The quantitative estimate of drug-likeness (QED) is 0.759. The highest BCUT2D eigenvalue weighted by Crippen LogP contribution is 2.12. The molecule has 152 valence electrons. The fourth-order valence-electron chi connectivity index (χ4n) is 2.83. The summed E-state index contributed by atoms with van der Waals surface area (Å²) in [6, 6.07) is 9.66. The molecule has 2 rings (SSSR count). The Kier molecular flexibility index (Phi) is 7.61. The third kappa shape index (κ3) is 7.82. The van der Waals surface area contributed by atoms with Crippen molar-refractivity contribution in [2.24, 2.45) is 0 Å². The lowest BCUT2D eigenvalue weighted by molar-refractivity contribution is -0.127. The molecule has 0 aliphatic carbocycles. The van der Waals surface area contributed by atoms with E-state index in [0.717, 1.165) is 5.56 Å². The molecule has 7 heteroatoms. The molecule has 1 aromatic carbocycles. The third-order valence-corrected chi connectivity index (χ3v) is 4.18. The van der Waals surface area contributed by atoms with Gasteiger partial charge in [-0.3, -0.25) is 9.59 Å². The van der Waals surface area contributed by atoms with Gasteiger partial charge < -0.3 is 20.3 Å². The smallest absolute Gasteiger partial charge is 0.408 e. The molecule has 3 amide bonds. The maximum Gasteiger partial charge on any atom is 0.408 e. The minimum absolute atomic E-state index is 0.00455. The molecule has 1 aliphatic rings. The van der Waals surface area contributed by atoms with Crippen molar-refractivity contribution in [3.05, 3.63) is 42.0 Å². The average molecular weight is 387 g/mol. The molecule has 0 saturated carbocycles. The molecule has 7 nitrogen and oxygen atoms in total. The lowest BCUT2D eigenvalue weighted by atomic mass is 10.0. The number of alkyl carbamates (subject to hydrolysis) is 1. The van der Waals surface area contributed by atoms with Gasteiger partial charge in [0.05, 0.1) is 0 Å². The average Bonchev–Trinajstić information content (AvgIpc) is 2.64. The van der Waals surface area contributed by atoms with E-state index in [4.69, 9.17) is 4.74 Å². The predicted molar refractivity (Wildman–Crippen MR) is 107 cm³/mol. The normalized spacial score (nSPS) is 15.3. The van der Waals surface area contributed by atoms with Crippen molar-refractivity contribution in [2.75, 3.05) is 19.6 Å². The van der Waals surface area contributed by atoms with Crippen molar-refractivity contribution in [1.82, 2.24) is 15.5 Å². The van der Waals surface area contributed by atoms with Gasteiger partial charge in [0, 0.05) is 25.2 Å². The molecule has 1 saturated heterocycles. The van der Waals surface area contributed by atoms with Crippen LogP contribution in [0.1, 0.15) is 39.2 Å². The highest BCUT2D eigenvalue weighted by molar-refractivity contribution is 5.91. The van der Waals surface area contributed by atoms with Gasteiger partial charge in [-0.1, -0.05) is 30.3 Å². The molecule has 0 atom stereocenters. The Bertz CT molecular complexity index is 702. The van der Waals surface area contributed by atoms with Gasteiger partial charge in [-0.05, 0) is 45.3 Å². The van der Waals surface area contributed by atoms with E-state index < -0.39 is 11.7 Å². The molecule has 28 heavy (non-hydrogen) atoms. The van der Waals surface area contributed by atoms with Gasteiger partial charge in [-0.25, -0.2) is 4.79 Å². The molecule has 1 fully saturated rings. The van der Waals surface area contributed by atoms with Crippen molar-refractivity contribution in [1.29, 1.82) is 0 Å². The number of nitrogens with zero attached hydrogens (tertiary/aromatic N) is 1. The Morgan fingerprint density at radius 3 is 2.39 bits per heavy atom. The van der Waals surface area contributed by atoms with Crippen LogP contribution in [0.15, 0.2) is 36.4 Å². The van der Waals surface area contributed by atoms with E-state index in [1.807, 2.05) is 30.3 Å². The van der Waals surface area contributed by atoms with Crippen LogP contribution in [-0.4, -0.2) is 54.1 Å². The number of rotatable bonds is 5. The van der Waals surface area contributed by atoms with Gasteiger partial charge in [-0.2, -0.15) is 0 Å². The van der Waals surface area contributed by atoms with Gasteiger partial charge in [0.25, 0.3) is 0 Å².